The molecule has 1 atom stereocenters. The van der Waals surface area contributed by atoms with Gasteiger partial charge in [-0.1, -0.05) is 29.8 Å². The van der Waals surface area contributed by atoms with Gasteiger partial charge >= 0.3 is 5.69 Å². The SMILES string of the molecule is CC(NC(=O)c1cnc2c(c1)c(=O)[nH]c(=O)n2C)c1ccccc1Cl. The number of hydrogen-bond acceptors (Lipinski definition) is 4. The van der Waals surface area contributed by atoms with Gasteiger partial charge < -0.3 is 5.32 Å². The minimum Gasteiger partial charge on any atom is -0.345 e. The Labute approximate surface area is 147 Å². The van der Waals surface area contributed by atoms with Gasteiger partial charge in [-0.3, -0.25) is 19.1 Å². The van der Waals surface area contributed by atoms with Crippen LogP contribution in [0, 0.1) is 0 Å². The number of pyridine rings is 1. The van der Waals surface area contributed by atoms with Crippen LogP contribution < -0.4 is 16.6 Å². The Bertz CT molecular complexity index is 1090. The van der Waals surface area contributed by atoms with Crippen LogP contribution in [0.3, 0.4) is 0 Å². The highest BCUT2D eigenvalue weighted by molar-refractivity contribution is 6.31. The maximum absolute atomic E-state index is 12.5. The van der Waals surface area contributed by atoms with E-state index in [1.165, 1.54) is 23.9 Å². The Morgan fingerprint density at radius 1 is 1.32 bits per heavy atom. The molecular weight excluding hydrogens is 344 g/mol. The minimum atomic E-state index is -0.584. The molecule has 0 aliphatic carbocycles. The van der Waals surface area contributed by atoms with E-state index in [2.05, 4.69) is 15.3 Å². The number of aryl methyl sites for hydroxylation is 1. The van der Waals surface area contributed by atoms with Crippen molar-refractivity contribution >= 4 is 28.5 Å². The number of nitrogens with zero attached hydrogens (tertiary/aromatic N) is 2. The number of rotatable bonds is 3. The molecule has 0 saturated carbocycles. The van der Waals surface area contributed by atoms with Gasteiger partial charge in [0.2, 0.25) is 0 Å². The largest absolute Gasteiger partial charge is 0.345 e. The number of carbonyl (C=O) groups is 1. The fraction of sp³-hybridized carbons (Fsp3) is 0.176. The van der Waals surface area contributed by atoms with E-state index < -0.39 is 17.2 Å². The smallest absolute Gasteiger partial charge is 0.329 e. The second kappa shape index (κ2) is 6.52. The van der Waals surface area contributed by atoms with Gasteiger partial charge in [0, 0.05) is 18.3 Å². The number of nitrogens with one attached hydrogen (secondary N) is 2. The lowest BCUT2D eigenvalue weighted by atomic mass is 10.1. The lowest BCUT2D eigenvalue weighted by Crippen LogP contribution is -2.30. The van der Waals surface area contributed by atoms with Crippen LogP contribution in [-0.2, 0) is 7.05 Å². The van der Waals surface area contributed by atoms with Crippen LogP contribution in [-0.4, -0.2) is 20.4 Å². The molecule has 2 aromatic heterocycles. The summed E-state index contributed by atoms with van der Waals surface area (Å²) in [5, 5.41) is 3.54. The summed E-state index contributed by atoms with van der Waals surface area (Å²) in [5.74, 6) is -0.393. The number of halogens is 1. The van der Waals surface area contributed by atoms with Crippen molar-refractivity contribution in [1.82, 2.24) is 19.9 Å². The molecule has 1 aromatic carbocycles. The molecule has 1 amide bonds. The highest BCUT2D eigenvalue weighted by atomic mass is 35.5. The van der Waals surface area contributed by atoms with Crippen molar-refractivity contribution < 1.29 is 4.79 Å². The van der Waals surface area contributed by atoms with Crippen LogP contribution in [0.2, 0.25) is 5.02 Å². The second-order valence-electron chi connectivity index (χ2n) is 5.63. The van der Waals surface area contributed by atoms with Crippen molar-refractivity contribution in [3.63, 3.8) is 0 Å². The molecule has 8 heteroatoms. The van der Waals surface area contributed by atoms with Crippen molar-refractivity contribution in [2.45, 2.75) is 13.0 Å². The number of aromatic amines is 1. The van der Waals surface area contributed by atoms with Gasteiger partial charge in [0.25, 0.3) is 11.5 Å². The first-order valence-corrected chi connectivity index (χ1v) is 7.90. The highest BCUT2D eigenvalue weighted by Crippen LogP contribution is 2.22. The van der Waals surface area contributed by atoms with Crippen molar-refractivity contribution in [3.8, 4) is 0 Å². The third-order valence-electron chi connectivity index (χ3n) is 3.94. The van der Waals surface area contributed by atoms with Gasteiger partial charge in [0.1, 0.15) is 5.65 Å². The molecule has 0 fully saturated rings. The number of fused-ring (bicyclic) bond motifs is 1. The van der Waals surface area contributed by atoms with Gasteiger partial charge in [-0.2, -0.15) is 0 Å². The lowest BCUT2D eigenvalue weighted by Gasteiger charge is -2.15. The zero-order valence-electron chi connectivity index (χ0n) is 13.5. The number of H-pyrrole nitrogens is 1. The van der Waals surface area contributed by atoms with Gasteiger partial charge in [-0.15, -0.1) is 0 Å². The lowest BCUT2D eigenvalue weighted by molar-refractivity contribution is 0.0939. The average molecular weight is 359 g/mol. The van der Waals surface area contributed by atoms with Crippen LogP contribution in [0.1, 0.15) is 28.9 Å². The van der Waals surface area contributed by atoms with E-state index in [4.69, 9.17) is 11.6 Å². The first kappa shape index (κ1) is 16.9. The topological polar surface area (TPSA) is 96.8 Å². The number of hydrogen-bond donors (Lipinski definition) is 2. The molecule has 7 nitrogen and oxygen atoms in total. The van der Waals surface area contributed by atoms with E-state index in [0.29, 0.717) is 5.02 Å². The van der Waals surface area contributed by atoms with Crippen LogP contribution >= 0.6 is 11.6 Å². The van der Waals surface area contributed by atoms with Crippen molar-refractivity contribution in [2.24, 2.45) is 7.05 Å². The third-order valence-corrected chi connectivity index (χ3v) is 4.28. The van der Waals surface area contributed by atoms with Gasteiger partial charge in [0.15, 0.2) is 0 Å². The van der Waals surface area contributed by atoms with E-state index in [9.17, 15) is 14.4 Å². The molecule has 3 aromatic rings. The van der Waals surface area contributed by atoms with Crippen molar-refractivity contribution in [3.05, 3.63) is 73.5 Å². The summed E-state index contributed by atoms with van der Waals surface area (Å²) in [6, 6.07) is 8.31. The maximum Gasteiger partial charge on any atom is 0.329 e. The molecule has 2 N–H and O–H groups in total. The molecule has 25 heavy (non-hydrogen) atoms. The molecule has 1 unspecified atom stereocenters. The standard InChI is InChI=1S/C17H15ClN4O3/c1-9(11-5-3-4-6-13(11)18)20-15(23)10-7-12-14(19-8-10)22(2)17(25)21-16(12)24/h3-9H,1-2H3,(H,20,23)(H,21,24,25). The molecule has 3 rings (SSSR count). The highest BCUT2D eigenvalue weighted by Gasteiger charge is 2.16. The minimum absolute atomic E-state index is 0.167. The molecule has 128 valence electrons. The van der Waals surface area contributed by atoms with Crippen LogP contribution in [0.15, 0.2) is 46.1 Å². The molecular formula is C17H15ClN4O3. The second-order valence-corrected chi connectivity index (χ2v) is 6.04. The number of aromatic nitrogens is 3. The summed E-state index contributed by atoms with van der Waals surface area (Å²) in [5.41, 5.74) is 0.0699. The molecule has 0 bridgehead atoms. The Hall–Kier alpha value is -2.93. The summed E-state index contributed by atoms with van der Waals surface area (Å²) in [7, 11) is 1.49. The Balaban J connectivity index is 1.94. The molecule has 0 saturated heterocycles. The zero-order valence-corrected chi connectivity index (χ0v) is 14.3. The van der Waals surface area contributed by atoms with Crippen molar-refractivity contribution in [1.29, 1.82) is 0 Å². The van der Waals surface area contributed by atoms with Gasteiger partial charge in [-0.05, 0) is 24.6 Å². The fourth-order valence-corrected chi connectivity index (χ4v) is 2.84. The number of carbonyl (C=O) groups excluding carboxylic acids is 1. The Morgan fingerprint density at radius 3 is 2.76 bits per heavy atom. The molecule has 0 radical (unpaired) electrons. The first-order chi connectivity index (χ1) is 11.9. The molecule has 0 spiro atoms. The van der Waals surface area contributed by atoms with E-state index >= 15 is 0 Å². The molecule has 0 aliphatic rings. The Kier molecular flexibility index (Phi) is 4.41. The normalized spacial score (nSPS) is 12.1. The summed E-state index contributed by atoms with van der Waals surface area (Å²) in [4.78, 5) is 42.3. The van der Waals surface area contributed by atoms with E-state index in [1.807, 2.05) is 25.1 Å². The predicted octanol–water partition coefficient (Wildman–Crippen LogP) is 1.77. The predicted molar refractivity (Wildman–Crippen MR) is 94.9 cm³/mol. The summed E-state index contributed by atoms with van der Waals surface area (Å²) < 4.78 is 1.21. The van der Waals surface area contributed by atoms with E-state index in [-0.39, 0.29) is 22.6 Å². The number of amides is 1. The summed E-state index contributed by atoms with van der Waals surface area (Å²) >= 11 is 6.14. The van der Waals surface area contributed by atoms with Crippen LogP contribution in [0.4, 0.5) is 0 Å². The van der Waals surface area contributed by atoms with Crippen LogP contribution in [0.25, 0.3) is 11.0 Å². The van der Waals surface area contributed by atoms with Crippen LogP contribution in [0.5, 0.6) is 0 Å². The number of benzene rings is 1. The first-order valence-electron chi connectivity index (χ1n) is 7.53. The van der Waals surface area contributed by atoms with E-state index in [1.54, 1.807) is 6.07 Å². The monoisotopic (exact) mass is 358 g/mol. The quantitative estimate of drug-likeness (QED) is 0.745. The third kappa shape index (κ3) is 3.18. The van der Waals surface area contributed by atoms with Gasteiger partial charge in [-0.25, -0.2) is 9.78 Å². The fourth-order valence-electron chi connectivity index (χ4n) is 2.54. The Morgan fingerprint density at radius 2 is 2.04 bits per heavy atom. The average Bonchev–Trinajstić information content (AvgIpc) is 2.59. The van der Waals surface area contributed by atoms with Gasteiger partial charge in [0.05, 0.1) is 17.0 Å². The summed E-state index contributed by atoms with van der Waals surface area (Å²) in [6.07, 6.45) is 1.33. The molecule has 2 heterocycles. The summed E-state index contributed by atoms with van der Waals surface area (Å²) in [6.45, 7) is 1.81. The molecule has 0 aliphatic heterocycles. The zero-order chi connectivity index (χ0) is 18.1. The maximum atomic E-state index is 12.5. The van der Waals surface area contributed by atoms with E-state index in [0.717, 1.165) is 5.56 Å². The van der Waals surface area contributed by atoms with Crippen molar-refractivity contribution in [2.75, 3.05) is 0 Å².